The predicted molar refractivity (Wildman–Crippen MR) is 113 cm³/mol. The van der Waals surface area contributed by atoms with Crippen molar-refractivity contribution in [3.05, 3.63) is 68.2 Å². The lowest BCUT2D eigenvalue weighted by molar-refractivity contribution is 0.160. The van der Waals surface area contributed by atoms with E-state index in [4.69, 9.17) is 9.72 Å². The lowest BCUT2D eigenvalue weighted by atomic mass is 10.1. The minimum absolute atomic E-state index is 0.0335. The predicted octanol–water partition coefficient (Wildman–Crippen LogP) is 3.64. The molecule has 0 amide bonds. The third kappa shape index (κ3) is 2.64. The fraction of sp³-hybridized carbons (Fsp3) is 0.318. The van der Waals surface area contributed by atoms with Gasteiger partial charge in [0, 0.05) is 18.0 Å². The van der Waals surface area contributed by atoms with E-state index in [2.05, 4.69) is 4.98 Å². The molecule has 1 aliphatic heterocycles. The maximum atomic E-state index is 13.1. The van der Waals surface area contributed by atoms with Crippen LogP contribution in [0.3, 0.4) is 0 Å². The molecule has 0 spiro atoms. The molecule has 1 N–H and O–H groups in total. The van der Waals surface area contributed by atoms with Crippen molar-refractivity contribution in [1.29, 1.82) is 0 Å². The van der Waals surface area contributed by atoms with E-state index in [1.165, 1.54) is 11.5 Å². The average Bonchev–Trinajstić information content (AvgIpc) is 3.25. The molecule has 1 fully saturated rings. The smallest absolute Gasteiger partial charge is 0.274 e. The van der Waals surface area contributed by atoms with Gasteiger partial charge in [-0.3, -0.25) is 13.5 Å². The summed E-state index contributed by atoms with van der Waals surface area (Å²) in [6, 6.07) is 5.77. The summed E-state index contributed by atoms with van der Waals surface area (Å²) in [5.74, 6) is 1.29. The molecule has 6 nitrogen and oxygen atoms in total. The lowest BCUT2D eigenvalue weighted by Crippen LogP contribution is -2.17. The van der Waals surface area contributed by atoms with E-state index in [0.29, 0.717) is 35.7 Å². The van der Waals surface area contributed by atoms with Crippen LogP contribution >= 0.6 is 11.5 Å². The Labute approximate surface area is 170 Å². The van der Waals surface area contributed by atoms with Crippen LogP contribution in [0.15, 0.2) is 45.7 Å². The summed E-state index contributed by atoms with van der Waals surface area (Å²) in [7, 11) is 0. The van der Waals surface area contributed by atoms with Gasteiger partial charge in [-0.25, -0.2) is 4.98 Å². The quantitative estimate of drug-likeness (QED) is 0.620. The van der Waals surface area contributed by atoms with Gasteiger partial charge in [-0.1, -0.05) is 29.7 Å². The molecule has 146 valence electrons. The van der Waals surface area contributed by atoms with Crippen LogP contribution in [0.4, 0.5) is 0 Å². The van der Waals surface area contributed by atoms with Gasteiger partial charge in [-0.2, -0.15) is 0 Å². The normalized spacial score (nSPS) is 22.4. The third-order valence-electron chi connectivity index (χ3n) is 6.15. The van der Waals surface area contributed by atoms with Gasteiger partial charge in [0.15, 0.2) is 0 Å². The number of nitrogens with one attached hydrogen (secondary N) is 1. The van der Waals surface area contributed by atoms with Gasteiger partial charge < -0.3 is 9.72 Å². The van der Waals surface area contributed by atoms with E-state index in [0.717, 1.165) is 41.0 Å². The SMILES string of the molecule is O=c1[nH]c2c3nc1-c1cccc4c(=O)n(sc14)C1CCC(COC(=CC=C2)C3)C1. The molecule has 7 bridgehead atoms. The summed E-state index contributed by atoms with van der Waals surface area (Å²) >= 11 is 1.46. The largest absolute Gasteiger partial charge is 0.497 e. The van der Waals surface area contributed by atoms with Crippen molar-refractivity contribution in [2.75, 3.05) is 6.61 Å². The van der Waals surface area contributed by atoms with Gasteiger partial charge in [-0.15, -0.1) is 0 Å². The van der Waals surface area contributed by atoms with Crippen LogP contribution in [-0.2, 0) is 11.2 Å². The molecule has 2 aliphatic carbocycles. The maximum Gasteiger partial charge on any atom is 0.274 e. The fourth-order valence-electron chi connectivity index (χ4n) is 4.66. The van der Waals surface area contributed by atoms with Crippen molar-refractivity contribution in [2.24, 2.45) is 5.92 Å². The molecule has 2 unspecified atom stereocenters. The number of hydrogen-bond acceptors (Lipinski definition) is 5. The highest BCUT2D eigenvalue weighted by Crippen LogP contribution is 2.38. The van der Waals surface area contributed by atoms with E-state index in [9.17, 15) is 9.59 Å². The van der Waals surface area contributed by atoms with Gasteiger partial charge in [0.05, 0.1) is 28.1 Å². The first-order valence-corrected chi connectivity index (χ1v) is 10.7. The van der Waals surface area contributed by atoms with Crippen molar-refractivity contribution < 1.29 is 4.74 Å². The first-order valence-electron chi connectivity index (χ1n) is 9.95. The molecule has 1 saturated carbocycles. The Kier molecular flexibility index (Phi) is 3.68. The maximum absolute atomic E-state index is 13.1. The molecule has 2 aromatic heterocycles. The first-order chi connectivity index (χ1) is 14.2. The highest BCUT2D eigenvalue weighted by molar-refractivity contribution is 7.14. The minimum Gasteiger partial charge on any atom is -0.497 e. The molecule has 3 aliphatic rings. The molecule has 3 aromatic rings. The zero-order valence-corrected chi connectivity index (χ0v) is 16.5. The number of nitrogens with zero attached hydrogens (tertiary/aromatic N) is 2. The molecular formula is C22H19N3O3S. The van der Waals surface area contributed by atoms with Crippen LogP contribution in [0.5, 0.6) is 0 Å². The zero-order chi connectivity index (χ0) is 19.5. The summed E-state index contributed by atoms with van der Waals surface area (Å²) in [6.45, 7) is 0.645. The van der Waals surface area contributed by atoms with Gasteiger partial charge in [0.2, 0.25) is 0 Å². The first kappa shape index (κ1) is 17.0. The number of rotatable bonds is 0. The second-order valence-electron chi connectivity index (χ2n) is 7.99. The van der Waals surface area contributed by atoms with Crippen LogP contribution in [0.25, 0.3) is 27.4 Å². The summed E-state index contributed by atoms with van der Waals surface area (Å²) in [6.07, 6.45) is 9.23. The van der Waals surface area contributed by atoms with E-state index in [1.807, 2.05) is 40.4 Å². The molecule has 7 heteroatoms. The van der Waals surface area contributed by atoms with Crippen molar-refractivity contribution >= 4 is 27.7 Å². The van der Waals surface area contributed by atoms with Gasteiger partial charge in [-0.05, 0) is 43.4 Å². The number of benzene rings is 1. The minimum atomic E-state index is -0.245. The Morgan fingerprint density at radius 3 is 3.10 bits per heavy atom. The monoisotopic (exact) mass is 405 g/mol. The number of aromatic amines is 1. The zero-order valence-electron chi connectivity index (χ0n) is 15.7. The summed E-state index contributed by atoms with van der Waals surface area (Å²) in [5, 5.41) is 0.665. The number of ether oxygens (including phenoxy) is 1. The molecule has 0 radical (unpaired) electrons. The molecule has 1 aromatic carbocycles. The topological polar surface area (TPSA) is 77.0 Å². The van der Waals surface area contributed by atoms with Gasteiger partial charge in [0.1, 0.15) is 11.5 Å². The summed E-state index contributed by atoms with van der Waals surface area (Å²) < 4.78 is 8.88. The second-order valence-corrected chi connectivity index (χ2v) is 8.98. The highest BCUT2D eigenvalue weighted by atomic mass is 32.1. The average molecular weight is 405 g/mol. The van der Waals surface area contributed by atoms with Crippen LogP contribution in [-0.4, -0.2) is 20.5 Å². The van der Waals surface area contributed by atoms with E-state index in [1.54, 1.807) is 0 Å². The highest BCUT2D eigenvalue weighted by Gasteiger charge is 2.30. The molecule has 29 heavy (non-hydrogen) atoms. The summed E-state index contributed by atoms with van der Waals surface area (Å²) in [5.41, 5.74) is 2.36. The van der Waals surface area contributed by atoms with Crippen LogP contribution < -0.4 is 11.1 Å². The number of hydrogen-bond donors (Lipinski definition) is 1. The van der Waals surface area contributed by atoms with Crippen molar-refractivity contribution in [3.63, 3.8) is 0 Å². The Bertz CT molecular complexity index is 1330. The standard InChI is InChI=1S/C22H19N3O3S/c26-21-19-15-4-2-5-16-20(15)29-25(22(16)27)13-8-7-12(9-13)11-28-14-3-1-6-17(24-21)18(10-14)23-19/h1-6,12-13H,7-11H2,(H,24,26). The molecule has 2 atom stereocenters. The Balaban J connectivity index is 1.65. The van der Waals surface area contributed by atoms with Crippen LogP contribution in [0.2, 0.25) is 0 Å². The molecule has 6 rings (SSSR count). The van der Waals surface area contributed by atoms with Crippen molar-refractivity contribution in [2.45, 2.75) is 31.7 Å². The fourth-order valence-corrected chi connectivity index (χ4v) is 5.89. The number of fused-ring (bicyclic) bond motifs is 7. The van der Waals surface area contributed by atoms with E-state index in [-0.39, 0.29) is 17.2 Å². The van der Waals surface area contributed by atoms with Gasteiger partial charge in [0.25, 0.3) is 11.1 Å². The van der Waals surface area contributed by atoms with Gasteiger partial charge >= 0.3 is 0 Å². The van der Waals surface area contributed by atoms with E-state index < -0.39 is 0 Å². The Morgan fingerprint density at radius 2 is 2.17 bits per heavy atom. The third-order valence-corrected chi connectivity index (χ3v) is 7.43. The Morgan fingerprint density at radius 1 is 1.24 bits per heavy atom. The lowest BCUT2D eigenvalue weighted by Gasteiger charge is -2.16. The number of allylic oxidation sites excluding steroid dienone is 3. The summed E-state index contributed by atoms with van der Waals surface area (Å²) in [4.78, 5) is 33.7. The molecule has 0 saturated heterocycles. The van der Waals surface area contributed by atoms with Crippen LogP contribution in [0, 0.1) is 5.92 Å². The van der Waals surface area contributed by atoms with Crippen molar-refractivity contribution in [3.8, 4) is 11.3 Å². The van der Waals surface area contributed by atoms with Crippen LogP contribution in [0.1, 0.15) is 36.7 Å². The number of H-pyrrole nitrogens is 1. The second kappa shape index (κ2) is 6.29. The van der Waals surface area contributed by atoms with E-state index >= 15 is 0 Å². The molecule has 3 heterocycles. The molecular weight excluding hydrogens is 386 g/mol. The Hall–Kier alpha value is -2.93. The number of aromatic nitrogens is 3. The van der Waals surface area contributed by atoms with Crippen molar-refractivity contribution in [1.82, 2.24) is 13.9 Å².